The summed E-state index contributed by atoms with van der Waals surface area (Å²) in [5.74, 6) is -0.519. The van der Waals surface area contributed by atoms with Crippen molar-refractivity contribution in [2.75, 3.05) is 6.54 Å². The summed E-state index contributed by atoms with van der Waals surface area (Å²) in [6.45, 7) is 7.35. The van der Waals surface area contributed by atoms with Crippen LogP contribution in [0.2, 0.25) is 0 Å². The van der Waals surface area contributed by atoms with Gasteiger partial charge in [0.2, 0.25) is 0 Å². The number of ether oxygens (including phenoxy) is 2. The van der Waals surface area contributed by atoms with Crippen molar-refractivity contribution in [1.29, 1.82) is 0 Å². The Kier molecular flexibility index (Phi) is 8.64. The molecule has 1 saturated heterocycles. The van der Waals surface area contributed by atoms with Gasteiger partial charge in [-0.15, -0.1) is 0 Å². The summed E-state index contributed by atoms with van der Waals surface area (Å²) in [7, 11) is 0. The van der Waals surface area contributed by atoms with Gasteiger partial charge in [-0.05, 0) is 45.1 Å². The second-order valence-corrected chi connectivity index (χ2v) is 8.84. The highest BCUT2D eigenvalue weighted by molar-refractivity contribution is 5.73. The molecule has 0 aromatic heterocycles. The van der Waals surface area contributed by atoms with Gasteiger partial charge in [0, 0.05) is 6.54 Å². The number of nitrogens with one attached hydrogen (secondary N) is 1. The highest BCUT2D eigenvalue weighted by atomic mass is 16.6. The third-order valence-electron chi connectivity index (χ3n) is 4.92. The number of rotatable bonds is 7. The summed E-state index contributed by atoms with van der Waals surface area (Å²) in [5, 5.41) is 23.5. The Bertz CT molecular complexity index is 691. The topological polar surface area (TPSA) is 108 Å². The van der Waals surface area contributed by atoms with Crippen LogP contribution in [0.1, 0.15) is 52.5 Å². The van der Waals surface area contributed by atoms with Crippen molar-refractivity contribution >= 4 is 12.1 Å². The Morgan fingerprint density at radius 1 is 1.20 bits per heavy atom. The smallest absolute Gasteiger partial charge is 0.407 e. The monoisotopic (exact) mass is 422 g/mol. The van der Waals surface area contributed by atoms with Gasteiger partial charge < -0.3 is 25.0 Å². The molecule has 1 aromatic carbocycles. The van der Waals surface area contributed by atoms with Crippen LogP contribution in [0.25, 0.3) is 0 Å². The first kappa shape index (κ1) is 24.1. The predicted molar refractivity (Wildman–Crippen MR) is 111 cm³/mol. The lowest BCUT2D eigenvalue weighted by atomic mass is 9.96. The number of carbonyl (C=O) groups excluding carboxylic acids is 2. The maximum atomic E-state index is 12.4. The first-order chi connectivity index (χ1) is 14.0. The van der Waals surface area contributed by atoms with Crippen molar-refractivity contribution in [2.45, 2.75) is 77.7 Å². The Balaban J connectivity index is 2.02. The third-order valence-corrected chi connectivity index (χ3v) is 4.92. The maximum absolute atomic E-state index is 12.4. The van der Waals surface area contributed by atoms with E-state index in [4.69, 9.17) is 9.47 Å². The number of aliphatic hydroxyl groups excluding tert-OH is 2. The van der Waals surface area contributed by atoms with E-state index in [0.29, 0.717) is 12.8 Å². The van der Waals surface area contributed by atoms with E-state index in [-0.39, 0.29) is 25.5 Å². The lowest BCUT2D eigenvalue weighted by Gasteiger charge is -2.41. The van der Waals surface area contributed by atoms with Crippen LogP contribution in [0.15, 0.2) is 30.3 Å². The van der Waals surface area contributed by atoms with Gasteiger partial charge in [-0.25, -0.2) is 4.79 Å². The number of likely N-dealkylation sites (tertiary alicyclic amines) is 1. The van der Waals surface area contributed by atoms with Crippen molar-refractivity contribution < 1.29 is 29.3 Å². The summed E-state index contributed by atoms with van der Waals surface area (Å²) in [6, 6.07) is 8.60. The van der Waals surface area contributed by atoms with Crippen LogP contribution in [-0.2, 0) is 20.9 Å². The lowest BCUT2D eigenvalue weighted by molar-refractivity contribution is -0.160. The molecule has 0 unspecified atom stereocenters. The van der Waals surface area contributed by atoms with Crippen LogP contribution in [-0.4, -0.2) is 57.8 Å². The molecule has 1 aromatic rings. The molecular formula is C22H34N2O6. The Hall–Kier alpha value is -2.16. The third kappa shape index (κ3) is 7.93. The van der Waals surface area contributed by atoms with E-state index in [1.807, 2.05) is 37.3 Å². The van der Waals surface area contributed by atoms with Crippen molar-refractivity contribution in [3.63, 3.8) is 0 Å². The fraction of sp³-hybridized carbons (Fsp3) is 0.636. The van der Waals surface area contributed by atoms with Gasteiger partial charge in [-0.3, -0.25) is 9.69 Å². The summed E-state index contributed by atoms with van der Waals surface area (Å²) >= 11 is 0. The zero-order valence-electron chi connectivity index (χ0n) is 18.2. The highest BCUT2D eigenvalue weighted by Gasteiger charge is 2.35. The second-order valence-electron chi connectivity index (χ2n) is 8.84. The Morgan fingerprint density at radius 2 is 1.87 bits per heavy atom. The standard InChI is InChI=1S/C22H34N2O6/c1-15-10-11-18(25)24(20(15)27)13-17(23-21(28)30-22(2,3)4)12-19(26)29-14-16-8-6-5-7-9-16/h5-9,15,17-18,20,25,27H,10-14H2,1-4H3,(H,23,28)/t15-,17-,18-,20-/m0/s1. The fourth-order valence-corrected chi connectivity index (χ4v) is 3.35. The molecule has 168 valence electrons. The number of esters is 1. The molecule has 1 aliphatic rings. The Labute approximate surface area is 178 Å². The van der Waals surface area contributed by atoms with E-state index in [0.717, 1.165) is 5.56 Å². The van der Waals surface area contributed by atoms with Crippen LogP contribution >= 0.6 is 0 Å². The molecule has 0 bridgehead atoms. The highest BCUT2D eigenvalue weighted by Crippen LogP contribution is 2.25. The van der Waals surface area contributed by atoms with Crippen LogP contribution in [0.4, 0.5) is 4.79 Å². The quantitative estimate of drug-likeness (QED) is 0.579. The molecule has 3 N–H and O–H groups in total. The van der Waals surface area contributed by atoms with Crippen LogP contribution < -0.4 is 5.32 Å². The average Bonchev–Trinajstić information content (AvgIpc) is 2.66. The molecular weight excluding hydrogens is 388 g/mol. The average molecular weight is 423 g/mol. The SMILES string of the molecule is C[C@H]1CC[C@H](O)N(C[C@H](CC(=O)OCc2ccccc2)NC(=O)OC(C)(C)C)[C@H]1O. The summed E-state index contributed by atoms with van der Waals surface area (Å²) in [4.78, 5) is 26.2. The van der Waals surface area contributed by atoms with Gasteiger partial charge >= 0.3 is 12.1 Å². The molecule has 1 aliphatic heterocycles. The minimum absolute atomic E-state index is 0.0272. The summed E-state index contributed by atoms with van der Waals surface area (Å²) in [5.41, 5.74) is 0.166. The van der Waals surface area contributed by atoms with Crippen molar-refractivity contribution in [2.24, 2.45) is 5.92 Å². The Morgan fingerprint density at radius 3 is 2.50 bits per heavy atom. The molecule has 30 heavy (non-hydrogen) atoms. The van der Waals surface area contributed by atoms with Gasteiger partial charge in [-0.2, -0.15) is 0 Å². The number of nitrogens with zero attached hydrogens (tertiary/aromatic N) is 1. The van der Waals surface area contributed by atoms with Gasteiger partial charge in [0.1, 0.15) is 24.7 Å². The van der Waals surface area contributed by atoms with Crippen molar-refractivity contribution in [3.05, 3.63) is 35.9 Å². The molecule has 0 saturated carbocycles. The van der Waals surface area contributed by atoms with E-state index in [2.05, 4.69) is 5.32 Å². The van der Waals surface area contributed by atoms with Crippen molar-refractivity contribution in [3.8, 4) is 0 Å². The van der Waals surface area contributed by atoms with Crippen LogP contribution in [0.3, 0.4) is 0 Å². The van der Waals surface area contributed by atoms with Crippen molar-refractivity contribution in [1.82, 2.24) is 10.2 Å². The number of benzene rings is 1. The largest absolute Gasteiger partial charge is 0.461 e. The number of hydrogen-bond donors (Lipinski definition) is 3. The van der Waals surface area contributed by atoms with E-state index < -0.39 is 36.2 Å². The molecule has 1 amide bonds. The number of hydrogen-bond acceptors (Lipinski definition) is 7. The minimum Gasteiger partial charge on any atom is -0.461 e. The van der Waals surface area contributed by atoms with E-state index in [1.54, 1.807) is 20.8 Å². The normalized spacial score (nSPS) is 23.5. The van der Waals surface area contributed by atoms with Crippen LogP contribution in [0.5, 0.6) is 0 Å². The van der Waals surface area contributed by atoms with Gasteiger partial charge in [-0.1, -0.05) is 37.3 Å². The first-order valence-corrected chi connectivity index (χ1v) is 10.4. The van der Waals surface area contributed by atoms with Gasteiger partial charge in [0.25, 0.3) is 0 Å². The molecule has 8 nitrogen and oxygen atoms in total. The summed E-state index contributed by atoms with van der Waals surface area (Å²) < 4.78 is 10.6. The minimum atomic E-state index is -0.864. The summed E-state index contributed by atoms with van der Waals surface area (Å²) in [6.07, 6.45) is -1.29. The molecule has 1 heterocycles. The molecule has 0 radical (unpaired) electrons. The first-order valence-electron chi connectivity index (χ1n) is 10.4. The second kappa shape index (κ2) is 10.7. The van der Waals surface area contributed by atoms with E-state index in [1.165, 1.54) is 4.90 Å². The van der Waals surface area contributed by atoms with E-state index in [9.17, 15) is 19.8 Å². The molecule has 8 heteroatoms. The maximum Gasteiger partial charge on any atom is 0.407 e. The number of alkyl carbamates (subject to hydrolysis) is 1. The number of piperidine rings is 1. The van der Waals surface area contributed by atoms with Crippen LogP contribution in [0, 0.1) is 5.92 Å². The fourth-order valence-electron chi connectivity index (χ4n) is 3.35. The zero-order chi connectivity index (χ0) is 22.3. The molecule has 2 rings (SSSR count). The zero-order valence-corrected chi connectivity index (χ0v) is 18.2. The number of amides is 1. The van der Waals surface area contributed by atoms with Gasteiger partial charge in [0.15, 0.2) is 0 Å². The molecule has 1 fully saturated rings. The predicted octanol–water partition coefficient (Wildman–Crippen LogP) is 2.38. The number of carbonyl (C=O) groups is 2. The number of aliphatic hydroxyl groups is 2. The molecule has 4 atom stereocenters. The van der Waals surface area contributed by atoms with E-state index >= 15 is 0 Å². The van der Waals surface area contributed by atoms with Gasteiger partial charge in [0.05, 0.1) is 12.5 Å². The molecule has 0 spiro atoms. The lowest BCUT2D eigenvalue weighted by Crippen LogP contribution is -2.56. The molecule has 0 aliphatic carbocycles.